The molecule has 0 fully saturated rings. The fourth-order valence-electron chi connectivity index (χ4n) is 2.17. The Kier molecular flexibility index (Phi) is 12.9. The standard InChI is InChI=1S/C14H16N2.C8H8F2.Y/c1-5-15-9-8-13(4)16-14-10-11(2)6-7-12(14)3;1-2-6-7(9)4-3-5-8(6)10;/h1,5-7,10H,8H2,2-4H3;3-5H,2H2,1H3;/q-2;;. The molecule has 2 rings (SSSR count). The topological polar surface area (TPSA) is 24.7 Å². The van der Waals surface area contributed by atoms with Crippen LogP contribution in [0.25, 0.3) is 0 Å². The van der Waals surface area contributed by atoms with Gasteiger partial charge in [-0.25, -0.2) is 8.78 Å². The van der Waals surface area contributed by atoms with Crippen molar-refractivity contribution >= 4 is 17.6 Å². The van der Waals surface area contributed by atoms with Crippen molar-refractivity contribution in [3.63, 3.8) is 0 Å². The first-order valence-corrected chi connectivity index (χ1v) is 8.39. The Balaban J connectivity index is 0.000000531. The third-order valence-corrected chi connectivity index (χ3v) is 3.59. The normalized spacial score (nSPS) is 10.8. The summed E-state index contributed by atoms with van der Waals surface area (Å²) in [6.45, 7) is 12.9. The average Bonchev–Trinajstić information content (AvgIpc) is 2.59. The molecule has 1 radical (unpaired) electrons. The third kappa shape index (κ3) is 9.30. The van der Waals surface area contributed by atoms with Crippen LogP contribution < -0.4 is 0 Å². The first-order valence-electron chi connectivity index (χ1n) is 8.39. The molecule has 2 aromatic carbocycles. The van der Waals surface area contributed by atoms with Gasteiger partial charge in [-0.15, -0.1) is 0 Å². The maximum absolute atomic E-state index is 12.6. The summed E-state index contributed by atoms with van der Waals surface area (Å²) in [5.74, 6) is -0.912. The summed E-state index contributed by atoms with van der Waals surface area (Å²) < 4.78 is 25.2. The second kappa shape index (κ2) is 13.6. The van der Waals surface area contributed by atoms with E-state index in [2.05, 4.69) is 48.2 Å². The fourth-order valence-corrected chi connectivity index (χ4v) is 2.17. The minimum Gasteiger partial charge on any atom is -0.601 e. The van der Waals surface area contributed by atoms with Crippen LogP contribution in [-0.2, 0) is 39.1 Å². The smallest absolute Gasteiger partial charge is 0.129 e. The first kappa shape index (κ1) is 25.5. The quantitative estimate of drug-likeness (QED) is 0.388. The van der Waals surface area contributed by atoms with Crippen LogP contribution in [0.5, 0.6) is 0 Å². The molecule has 5 heteroatoms. The molecule has 27 heavy (non-hydrogen) atoms. The summed E-state index contributed by atoms with van der Waals surface area (Å²) in [5, 5.41) is 0. The van der Waals surface area contributed by atoms with Crippen molar-refractivity contribution in [3.8, 4) is 0 Å². The number of halogens is 2. The van der Waals surface area contributed by atoms with E-state index in [9.17, 15) is 8.78 Å². The zero-order valence-electron chi connectivity index (χ0n) is 16.3. The number of benzene rings is 2. The summed E-state index contributed by atoms with van der Waals surface area (Å²) in [4.78, 5) is 8.25. The molecule has 0 N–H and O–H groups in total. The van der Waals surface area contributed by atoms with E-state index < -0.39 is 11.6 Å². The van der Waals surface area contributed by atoms with E-state index in [0.29, 0.717) is 12.8 Å². The van der Waals surface area contributed by atoms with E-state index in [1.807, 2.05) is 6.92 Å². The molecule has 0 bridgehead atoms. The fraction of sp³-hybridized carbons (Fsp3) is 0.273. The number of aliphatic imine (C=N–C) groups is 2. The molecule has 0 aromatic heterocycles. The van der Waals surface area contributed by atoms with Crippen LogP contribution in [0.2, 0.25) is 0 Å². The van der Waals surface area contributed by atoms with Crippen LogP contribution in [-0.4, -0.2) is 11.9 Å². The third-order valence-electron chi connectivity index (χ3n) is 3.59. The van der Waals surface area contributed by atoms with Gasteiger partial charge < -0.3 is 17.8 Å². The summed E-state index contributed by atoms with van der Waals surface area (Å²) >= 11 is 0. The molecular weight excluding hydrogens is 419 g/mol. The Bertz CT molecular complexity index is 779. The van der Waals surface area contributed by atoms with E-state index >= 15 is 0 Å². The maximum Gasteiger partial charge on any atom is 0.129 e. The van der Waals surface area contributed by atoms with E-state index in [0.717, 1.165) is 11.4 Å². The van der Waals surface area contributed by atoms with E-state index in [1.54, 1.807) is 6.92 Å². The number of aryl methyl sites for hydroxylation is 2. The molecule has 0 aliphatic heterocycles. The molecule has 0 atom stereocenters. The van der Waals surface area contributed by atoms with Gasteiger partial charge in [0.1, 0.15) is 11.6 Å². The summed E-state index contributed by atoms with van der Waals surface area (Å²) in [6, 6.07) is 10.1. The molecule has 0 aliphatic carbocycles. The molecule has 2 aromatic rings. The molecule has 141 valence electrons. The molecule has 0 unspecified atom stereocenters. The van der Waals surface area contributed by atoms with E-state index in [4.69, 9.17) is 6.58 Å². The number of rotatable bonds is 5. The van der Waals surface area contributed by atoms with Gasteiger partial charge in [0, 0.05) is 44.0 Å². The molecular formula is C22H24F2N2Y-2. The molecule has 0 amide bonds. The second-order valence-electron chi connectivity index (χ2n) is 5.80. The van der Waals surface area contributed by atoms with Gasteiger partial charge in [0.2, 0.25) is 0 Å². The number of hydrogen-bond acceptors (Lipinski definition) is 2. The number of nitrogens with zero attached hydrogens (tertiary/aromatic N) is 2. The van der Waals surface area contributed by atoms with Gasteiger partial charge >= 0.3 is 0 Å². The van der Waals surface area contributed by atoms with Crippen LogP contribution >= 0.6 is 0 Å². The molecule has 0 saturated carbocycles. The Morgan fingerprint density at radius 3 is 2.30 bits per heavy atom. The first-order chi connectivity index (χ1) is 12.4. The van der Waals surface area contributed by atoms with Crippen molar-refractivity contribution in [2.75, 3.05) is 0 Å². The van der Waals surface area contributed by atoms with Gasteiger partial charge in [-0.1, -0.05) is 31.5 Å². The van der Waals surface area contributed by atoms with E-state index in [1.165, 1.54) is 35.5 Å². The Morgan fingerprint density at radius 1 is 1.15 bits per heavy atom. The van der Waals surface area contributed by atoms with Gasteiger partial charge in [-0.3, -0.25) is 4.99 Å². The Labute approximate surface area is 186 Å². The van der Waals surface area contributed by atoms with Crippen LogP contribution in [0.4, 0.5) is 14.5 Å². The maximum atomic E-state index is 12.6. The van der Waals surface area contributed by atoms with Gasteiger partial charge in [-0.05, 0) is 56.5 Å². The number of hydrogen-bond donors (Lipinski definition) is 0. The predicted octanol–water partition coefficient (Wildman–Crippen LogP) is 6.21. The van der Waals surface area contributed by atoms with Gasteiger partial charge in [-0.2, -0.15) is 6.21 Å². The zero-order chi connectivity index (χ0) is 19.5. The minimum absolute atomic E-state index is 0. The van der Waals surface area contributed by atoms with Crippen molar-refractivity contribution in [2.45, 2.75) is 40.5 Å². The second-order valence-corrected chi connectivity index (χ2v) is 5.80. The largest absolute Gasteiger partial charge is 0.601 e. The Hall–Kier alpha value is -1.52. The van der Waals surface area contributed by atoms with Gasteiger partial charge in [0.05, 0.1) is 5.69 Å². The van der Waals surface area contributed by atoms with Crippen LogP contribution in [0, 0.1) is 32.1 Å². The van der Waals surface area contributed by atoms with E-state index in [-0.39, 0.29) is 38.3 Å². The van der Waals surface area contributed by atoms with Crippen LogP contribution in [0.15, 0.2) is 52.6 Å². The predicted molar refractivity (Wildman–Crippen MR) is 105 cm³/mol. The Morgan fingerprint density at radius 2 is 1.78 bits per heavy atom. The van der Waals surface area contributed by atoms with Crippen molar-refractivity contribution in [3.05, 3.63) is 77.5 Å². The van der Waals surface area contributed by atoms with Crippen molar-refractivity contribution in [1.82, 2.24) is 0 Å². The minimum atomic E-state index is -0.456. The van der Waals surface area contributed by atoms with Gasteiger partial charge in [0.15, 0.2) is 0 Å². The van der Waals surface area contributed by atoms with Crippen molar-refractivity contribution < 1.29 is 41.5 Å². The monoisotopic (exact) mass is 443 g/mol. The van der Waals surface area contributed by atoms with Crippen LogP contribution in [0.3, 0.4) is 0 Å². The molecule has 0 saturated heterocycles. The summed E-state index contributed by atoms with van der Waals surface area (Å²) in [5.41, 5.74) is 4.54. The van der Waals surface area contributed by atoms with Gasteiger partial charge in [0.25, 0.3) is 0 Å². The molecule has 0 spiro atoms. The van der Waals surface area contributed by atoms with Crippen LogP contribution in [0.1, 0.15) is 37.0 Å². The zero-order valence-corrected chi connectivity index (χ0v) is 19.1. The summed E-state index contributed by atoms with van der Waals surface area (Å²) in [7, 11) is 0. The average molecular weight is 443 g/mol. The molecule has 0 aliphatic rings. The van der Waals surface area contributed by atoms with Crippen molar-refractivity contribution in [1.29, 1.82) is 0 Å². The SMILES string of the molecule is CCc1c(F)cccc1F.[CH-]=CN=[C-]CC(C)=Nc1cc(C)ccc1C.[Y]. The molecule has 2 nitrogen and oxygen atoms in total. The van der Waals surface area contributed by atoms with Crippen molar-refractivity contribution in [2.24, 2.45) is 9.98 Å². The summed E-state index contributed by atoms with van der Waals surface area (Å²) in [6.07, 6.45) is 5.03. The molecule has 0 heterocycles.